The van der Waals surface area contributed by atoms with E-state index in [1.54, 1.807) is 17.1 Å². The third kappa shape index (κ3) is 5.42. The molecule has 0 fully saturated rings. The fraction of sp³-hybridized carbons (Fsp3) is 0.353. The van der Waals surface area contributed by atoms with Crippen molar-refractivity contribution in [1.82, 2.24) is 15.1 Å². The van der Waals surface area contributed by atoms with Crippen LogP contribution in [-0.4, -0.2) is 33.0 Å². The Labute approximate surface area is 140 Å². The van der Waals surface area contributed by atoms with Gasteiger partial charge < -0.3 is 15.2 Å². The number of hydrogen-bond acceptors (Lipinski definition) is 4. The monoisotopic (exact) mass is 331 g/mol. The molecule has 24 heavy (non-hydrogen) atoms. The summed E-state index contributed by atoms with van der Waals surface area (Å²) in [5.41, 5.74) is 1.58. The second-order valence-electron chi connectivity index (χ2n) is 5.41. The van der Waals surface area contributed by atoms with Crippen LogP contribution in [0.5, 0.6) is 0 Å². The molecular formula is C17H21N3O4. The smallest absolute Gasteiger partial charge is 0.408 e. The summed E-state index contributed by atoms with van der Waals surface area (Å²) in [5.74, 6) is -1.12. The van der Waals surface area contributed by atoms with Crippen molar-refractivity contribution >= 4 is 12.1 Å². The van der Waals surface area contributed by atoms with Gasteiger partial charge in [-0.2, -0.15) is 5.10 Å². The molecule has 0 radical (unpaired) electrons. The van der Waals surface area contributed by atoms with Crippen LogP contribution in [0.3, 0.4) is 0 Å². The van der Waals surface area contributed by atoms with Gasteiger partial charge in [0, 0.05) is 19.2 Å². The molecule has 2 rings (SSSR count). The SMILES string of the molecule is CCCn1cc(CC(NC(=O)OCc2ccccc2)C(=O)O)cn1. The molecule has 2 N–H and O–H groups in total. The number of ether oxygens (including phenoxy) is 1. The number of aliphatic carboxylic acids is 1. The molecular weight excluding hydrogens is 310 g/mol. The van der Waals surface area contributed by atoms with Crippen molar-refractivity contribution in [3.63, 3.8) is 0 Å². The number of rotatable bonds is 8. The lowest BCUT2D eigenvalue weighted by molar-refractivity contribution is -0.139. The molecule has 7 heteroatoms. The third-order valence-corrected chi connectivity index (χ3v) is 3.38. The number of hydrogen-bond donors (Lipinski definition) is 2. The maximum Gasteiger partial charge on any atom is 0.408 e. The maximum absolute atomic E-state index is 11.8. The van der Waals surface area contributed by atoms with Crippen LogP contribution in [0.15, 0.2) is 42.7 Å². The highest BCUT2D eigenvalue weighted by atomic mass is 16.5. The third-order valence-electron chi connectivity index (χ3n) is 3.38. The van der Waals surface area contributed by atoms with Gasteiger partial charge >= 0.3 is 12.1 Å². The predicted molar refractivity (Wildman–Crippen MR) is 87.4 cm³/mol. The first-order valence-electron chi connectivity index (χ1n) is 7.80. The van der Waals surface area contributed by atoms with Crippen LogP contribution < -0.4 is 5.32 Å². The Bertz CT molecular complexity index is 669. The Morgan fingerprint density at radius 3 is 2.71 bits per heavy atom. The number of carboxylic acids is 1. The molecule has 0 aliphatic carbocycles. The van der Waals surface area contributed by atoms with Crippen molar-refractivity contribution in [1.29, 1.82) is 0 Å². The van der Waals surface area contributed by atoms with Gasteiger partial charge in [0.15, 0.2) is 0 Å². The van der Waals surface area contributed by atoms with Gasteiger partial charge in [-0.15, -0.1) is 0 Å². The van der Waals surface area contributed by atoms with E-state index < -0.39 is 18.1 Å². The molecule has 7 nitrogen and oxygen atoms in total. The Balaban J connectivity index is 1.87. The Hall–Kier alpha value is -2.83. The number of aryl methyl sites for hydroxylation is 1. The molecule has 1 aromatic carbocycles. The number of carbonyl (C=O) groups excluding carboxylic acids is 1. The number of amides is 1. The molecule has 1 amide bonds. The zero-order valence-corrected chi connectivity index (χ0v) is 13.5. The largest absolute Gasteiger partial charge is 0.480 e. The van der Waals surface area contributed by atoms with Gasteiger partial charge in [-0.25, -0.2) is 9.59 Å². The lowest BCUT2D eigenvalue weighted by Gasteiger charge is -2.13. The average Bonchev–Trinajstić information content (AvgIpc) is 3.01. The number of carbonyl (C=O) groups is 2. The van der Waals surface area contributed by atoms with Crippen molar-refractivity contribution in [2.75, 3.05) is 0 Å². The first-order valence-corrected chi connectivity index (χ1v) is 7.80. The molecule has 1 aromatic heterocycles. The molecule has 0 saturated heterocycles. The Kier molecular flexibility index (Phi) is 6.36. The van der Waals surface area contributed by atoms with E-state index in [9.17, 15) is 14.7 Å². The van der Waals surface area contributed by atoms with E-state index in [-0.39, 0.29) is 13.0 Å². The molecule has 1 atom stereocenters. The molecule has 0 bridgehead atoms. The van der Waals surface area contributed by atoms with E-state index in [0.717, 1.165) is 24.1 Å². The summed E-state index contributed by atoms with van der Waals surface area (Å²) in [5, 5.41) is 15.8. The second-order valence-corrected chi connectivity index (χ2v) is 5.41. The minimum atomic E-state index is -1.12. The number of aromatic nitrogens is 2. The summed E-state index contributed by atoms with van der Waals surface area (Å²) in [6.45, 7) is 2.89. The summed E-state index contributed by atoms with van der Waals surface area (Å²) in [7, 11) is 0. The van der Waals surface area contributed by atoms with Gasteiger partial charge in [0.2, 0.25) is 0 Å². The van der Waals surface area contributed by atoms with E-state index in [1.165, 1.54) is 0 Å². The number of carboxylic acid groups (broad SMARTS) is 1. The van der Waals surface area contributed by atoms with Crippen LogP contribution in [0.25, 0.3) is 0 Å². The van der Waals surface area contributed by atoms with Crippen LogP contribution in [0.2, 0.25) is 0 Å². The lowest BCUT2D eigenvalue weighted by atomic mass is 10.1. The molecule has 128 valence electrons. The summed E-state index contributed by atoms with van der Waals surface area (Å²) >= 11 is 0. The van der Waals surface area contributed by atoms with Crippen LogP contribution in [-0.2, 0) is 29.1 Å². The van der Waals surface area contributed by atoms with Crippen molar-refractivity contribution in [2.24, 2.45) is 0 Å². The number of alkyl carbamates (subject to hydrolysis) is 1. The molecule has 0 spiro atoms. The van der Waals surface area contributed by atoms with Crippen molar-refractivity contribution in [3.05, 3.63) is 53.9 Å². The summed E-state index contributed by atoms with van der Waals surface area (Å²) in [6, 6.07) is 8.12. The average molecular weight is 331 g/mol. The van der Waals surface area contributed by atoms with Crippen molar-refractivity contribution in [3.8, 4) is 0 Å². The fourth-order valence-electron chi connectivity index (χ4n) is 2.21. The van der Waals surface area contributed by atoms with Gasteiger partial charge in [-0.05, 0) is 17.5 Å². The first-order chi connectivity index (χ1) is 11.6. The lowest BCUT2D eigenvalue weighted by Crippen LogP contribution is -2.42. The van der Waals surface area contributed by atoms with Crippen LogP contribution in [0.1, 0.15) is 24.5 Å². The molecule has 1 unspecified atom stereocenters. The zero-order chi connectivity index (χ0) is 17.4. The van der Waals surface area contributed by atoms with Gasteiger partial charge in [0.1, 0.15) is 12.6 Å². The Morgan fingerprint density at radius 2 is 2.04 bits per heavy atom. The van der Waals surface area contributed by atoms with Crippen LogP contribution >= 0.6 is 0 Å². The highest BCUT2D eigenvalue weighted by Crippen LogP contribution is 2.05. The standard InChI is InChI=1S/C17H21N3O4/c1-2-8-20-11-14(10-18-20)9-15(16(21)22)19-17(23)24-12-13-6-4-3-5-7-13/h3-7,10-11,15H,2,8-9,12H2,1H3,(H,19,23)(H,21,22). The van der Waals surface area contributed by atoms with Crippen LogP contribution in [0.4, 0.5) is 4.79 Å². The van der Waals surface area contributed by atoms with E-state index >= 15 is 0 Å². The first kappa shape index (κ1) is 17.5. The van der Waals surface area contributed by atoms with E-state index in [4.69, 9.17) is 4.74 Å². The van der Waals surface area contributed by atoms with Gasteiger partial charge in [-0.3, -0.25) is 4.68 Å². The summed E-state index contributed by atoms with van der Waals surface area (Å²) < 4.78 is 6.81. The van der Waals surface area contributed by atoms with Gasteiger partial charge in [0.05, 0.1) is 6.20 Å². The quantitative estimate of drug-likeness (QED) is 0.773. The van der Waals surface area contributed by atoms with E-state index in [2.05, 4.69) is 10.4 Å². The minimum Gasteiger partial charge on any atom is -0.480 e. The summed E-state index contributed by atoms with van der Waals surface area (Å²) in [4.78, 5) is 23.2. The normalized spacial score (nSPS) is 11.7. The molecule has 0 aliphatic rings. The van der Waals surface area contributed by atoms with E-state index in [0.29, 0.717) is 0 Å². The topological polar surface area (TPSA) is 93.5 Å². The second kappa shape index (κ2) is 8.71. The van der Waals surface area contributed by atoms with Crippen molar-refractivity contribution in [2.45, 2.75) is 39.0 Å². The molecule has 1 heterocycles. The predicted octanol–water partition coefficient (Wildman–Crippen LogP) is 2.22. The Morgan fingerprint density at radius 1 is 1.29 bits per heavy atom. The van der Waals surface area contributed by atoms with Crippen LogP contribution in [0, 0.1) is 0 Å². The summed E-state index contributed by atoms with van der Waals surface area (Å²) in [6.07, 6.45) is 3.73. The zero-order valence-electron chi connectivity index (χ0n) is 13.5. The molecule has 0 saturated carbocycles. The fourth-order valence-corrected chi connectivity index (χ4v) is 2.21. The van der Waals surface area contributed by atoms with Gasteiger partial charge in [0.25, 0.3) is 0 Å². The highest BCUT2D eigenvalue weighted by molar-refractivity contribution is 5.80. The molecule has 0 aliphatic heterocycles. The minimum absolute atomic E-state index is 0.0907. The number of benzene rings is 1. The van der Waals surface area contributed by atoms with E-state index in [1.807, 2.05) is 37.3 Å². The molecule has 2 aromatic rings. The maximum atomic E-state index is 11.8. The van der Waals surface area contributed by atoms with Gasteiger partial charge in [-0.1, -0.05) is 37.3 Å². The van der Waals surface area contributed by atoms with Crippen molar-refractivity contribution < 1.29 is 19.4 Å². The number of nitrogens with one attached hydrogen (secondary N) is 1. The number of nitrogens with zero attached hydrogens (tertiary/aromatic N) is 2. The highest BCUT2D eigenvalue weighted by Gasteiger charge is 2.21.